The van der Waals surface area contributed by atoms with Crippen LogP contribution >= 0.6 is 0 Å². The van der Waals surface area contributed by atoms with Gasteiger partial charge in [0.15, 0.2) is 0 Å². The van der Waals surface area contributed by atoms with Gasteiger partial charge < -0.3 is 43.7 Å². The summed E-state index contributed by atoms with van der Waals surface area (Å²) in [6.07, 6.45) is 12.6. The highest BCUT2D eigenvalue weighted by molar-refractivity contribution is 5.96. The fraction of sp³-hybridized carbons (Fsp3) is 0.645. The number of nitrogens with one attached hydrogen (secondary N) is 2. The summed E-state index contributed by atoms with van der Waals surface area (Å²) in [4.78, 5) is 88.7. The number of carbonyl (C=O) groups excluding carboxylic acids is 5. The number of benzene rings is 1. The second-order valence-electron chi connectivity index (χ2n) is 25.1. The number of amides is 5. The molecular weight excluding hydrogens is 1030 g/mol. The monoisotopic (exact) mass is 1120 g/mol. The van der Waals surface area contributed by atoms with Crippen molar-refractivity contribution < 1.29 is 38.2 Å². The van der Waals surface area contributed by atoms with E-state index < -0.39 is 41.0 Å². The smallest absolute Gasteiger partial charge is 0.324 e. The van der Waals surface area contributed by atoms with Gasteiger partial charge in [0.2, 0.25) is 11.8 Å². The number of aryl methyl sites for hydroxylation is 1. The van der Waals surface area contributed by atoms with E-state index in [1.54, 1.807) is 24.0 Å². The number of carbonyl (C=O) groups is 5. The molecule has 2 N–H and O–H groups in total. The summed E-state index contributed by atoms with van der Waals surface area (Å²) < 4.78 is 21.1. The first-order valence-corrected chi connectivity index (χ1v) is 30.1. The number of pyridine rings is 1. The molecule has 9 heterocycles. The third kappa shape index (κ3) is 12.3. The number of esters is 1. The molecular formula is C62H89N11O8. The third-order valence-corrected chi connectivity index (χ3v) is 18.5. The van der Waals surface area contributed by atoms with E-state index in [1.165, 1.54) is 47.4 Å². The number of hydrogen-bond acceptors (Lipinski definition) is 13. The lowest BCUT2D eigenvalue weighted by atomic mass is 9.84. The highest BCUT2D eigenvalue weighted by atomic mass is 16.5. The number of morpholine rings is 1. The Hall–Kier alpha value is -5.86. The summed E-state index contributed by atoms with van der Waals surface area (Å²) in [5.41, 5.74) is 10.8. The van der Waals surface area contributed by atoms with Gasteiger partial charge in [0.05, 0.1) is 54.7 Å². The summed E-state index contributed by atoms with van der Waals surface area (Å²) >= 11 is 0. The second kappa shape index (κ2) is 24.5. The average Bonchev–Trinajstić information content (AvgIpc) is 3.85. The lowest BCUT2D eigenvalue weighted by Gasteiger charge is -2.47. The largest absolute Gasteiger partial charge is 0.464 e. The molecule has 5 fully saturated rings. The van der Waals surface area contributed by atoms with Crippen LogP contribution in [0.25, 0.3) is 27.7 Å². The van der Waals surface area contributed by atoms with E-state index in [-0.39, 0.29) is 43.0 Å². The fourth-order valence-corrected chi connectivity index (χ4v) is 14.0. The Morgan fingerprint density at radius 3 is 2.53 bits per heavy atom. The quantitative estimate of drug-likeness (QED) is 0.172. The maximum Gasteiger partial charge on any atom is 0.324 e. The molecule has 6 bridgehead atoms. The van der Waals surface area contributed by atoms with Crippen molar-refractivity contribution in [1.82, 2.24) is 49.8 Å². The summed E-state index contributed by atoms with van der Waals surface area (Å²) in [6, 6.07) is 6.68. The maximum atomic E-state index is 15.0. The van der Waals surface area contributed by atoms with Gasteiger partial charge >= 0.3 is 12.0 Å². The van der Waals surface area contributed by atoms with E-state index in [0.717, 1.165) is 70.7 Å². The first-order chi connectivity index (χ1) is 38.9. The lowest BCUT2D eigenvalue weighted by molar-refractivity contribution is -0.156. The molecule has 1 unspecified atom stereocenters. The molecule has 0 radical (unpaired) electrons. The average molecular weight is 1120 g/mol. The second-order valence-corrected chi connectivity index (χ2v) is 25.1. The summed E-state index contributed by atoms with van der Waals surface area (Å²) in [5.74, 6) is -1.66. The number of anilines is 1. The van der Waals surface area contributed by atoms with Crippen LogP contribution in [0.2, 0.25) is 0 Å². The fourth-order valence-electron chi connectivity index (χ4n) is 14.0. The molecule has 81 heavy (non-hydrogen) atoms. The van der Waals surface area contributed by atoms with Crippen LogP contribution in [0, 0.1) is 11.3 Å². The van der Waals surface area contributed by atoms with Crippen LogP contribution in [0.1, 0.15) is 116 Å². The third-order valence-electron chi connectivity index (χ3n) is 18.5. The van der Waals surface area contributed by atoms with Crippen LogP contribution < -0.4 is 15.6 Å². The van der Waals surface area contributed by atoms with E-state index in [9.17, 15) is 19.2 Å². The Labute approximate surface area is 479 Å². The number of urea groups is 1. The zero-order chi connectivity index (χ0) is 57.3. The van der Waals surface area contributed by atoms with Crippen LogP contribution in [0.4, 0.5) is 10.5 Å². The minimum absolute atomic E-state index is 0.132. The Morgan fingerprint density at radius 2 is 1.78 bits per heavy atom. The molecule has 1 aromatic carbocycles. The van der Waals surface area contributed by atoms with Crippen LogP contribution in [-0.4, -0.2) is 204 Å². The zero-order valence-electron chi connectivity index (χ0n) is 49.5. The predicted octanol–water partition coefficient (Wildman–Crippen LogP) is 6.26. The zero-order valence-corrected chi connectivity index (χ0v) is 49.5. The topological polar surface area (TPSA) is 178 Å². The molecule has 7 aliphatic heterocycles. The van der Waals surface area contributed by atoms with E-state index in [0.29, 0.717) is 97.1 Å². The van der Waals surface area contributed by atoms with Gasteiger partial charge in [-0.3, -0.25) is 39.0 Å². The van der Waals surface area contributed by atoms with Crippen molar-refractivity contribution in [3.05, 3.63) is 66.0 Å². The molecule has 3 aromatic rings. The van der Waals surface area contributed by atoms with Crippen LogP contribution in [0.5, 0.6) is 0 Å². The molecule has 7 aliphatic rings. The Kier molecular flexibility index (Phi) is 17.7. The number of methoxy groups -OCH3 is 1. The van der Waals surface area contributed by atoms with E-state index in [4.69, 9.17) is 19.2 Å². The number of fused-ring (bicyclic) bond motifs is 7. The first-order valence-electron chi connectivity index (χ1n) is 30.1. The van der Waals surface area contributed by atoms with Gasteiger partial charge in [-0.2, -0.15) is 0 Å². The van der Waals surface area contributed by atoms with E-state index >= 15 is 4.79 Å². The summed E-state index contributed by atoms with van der Waals surface area (Å²) in [7, 11) is 3.40. The Balaban J connectivity index is 0.958. The minimum Gasteiger partial charge on any atom is -0.464 e. The number of likely N-dealkylation sites (tertiary alicyclic amines) is 1. The van der Waals surface area contributed by atoms with Crippen molar-refractivity contribution in [1.29, 1.82) is 0 Å². The molecule has 19 nitrogen and oxygen atoms in total. The molecule has 5 saturated heterocycles. The number of cyclic esters (lactones) is 1. The normalized spacial score (nSPS) is 25.4. The molecule has 19 heteroatoms. The van der Waals surface area contributed by atoms with Crippen LogP contribution in [0.3, 0.4) is 0 Å². The van der Waals surface area contributed by atoms with Gasteiger partial charge in [-0.25, -0.2) is 10.2 Å². The van der Waals surface area contributed by atoms with Gasteiger partial charge in [-0.1, -0.05) is 52.8 Å². The first kappa shape index (κ1) is 58.3. The Morgan fingerprint density at radius 1 is 0.975 bits per heavy atom. The predicted molar refractivity (Wildman–Crippen MR) is 313 cm³/mol. The van der Waals surface area contributed by atoms with Crippen molar-refractivity contribution >= 4 is 51.9 Å². The molecule has 2 aromatic heterocycles. The van der Waals surface area contributed by atoms with Gasteiger partial charge in [0.1, 0.15) is 18.1 Å². The minimum atomic E-state index is -1.02. The molecule has 0 aliphatic carbocycles. The van der Waals surface area contributed by atoms with E-state index in [2.05, 4.69) is 94.6 Å². The number of ether oxygens (including phenoxy) is 3. The summed E-state index contributed by atoms with van der Waals surface area (Å²) in [5, 5.41) is 5.78. The number of nitrogens with zero attached hydrogens (tertiary/aromatic N) is 9. The van der Waals surface area contributed by atoms with Gasteiger partial charge in [0.25, 0.3) is 5.91 Å². The standard InChI is InChI=1S/C62H89N11O8/c1-10-53(74)71-30-31-81-62(39-71)21-26-69(27-22-62)60(78)66(8)55(41(3)4)57(75)64-51-38-67-23-14-16-44(36-67)43-19-20-52-47(32-43)49(34-61(6,7)40-80-59(77)50-18-15-25-73(65-50)58(51)76)56(72(52)11-2)48-33-46(35-63-54(48)42(5)79-9)70-29-28-68-24-13-12-17-45(68)37-70/h10,16,19-20,32-33,35,41-42,45,50-51,55,65H,1,11-15,17-18,21-31,34,36-40H2,2-9H3,(H,64,75)/t42-,45+,50-,51-,55-/m0/s1. The number of hydrazine groups is 1. The molecule has 6 atom stereocenters. The SMILES string of the molecule is C=CC(=O)N1CCOC2(CCN(C(=O)N(C)[C@H](C(=O)N[C@H]3CN4CCC=C(C4)c4ccc5c(c4)c(c(-c4cc(N6CCN7CCCC[C@@H]7C6)cnc4[C@H](C)OC)n5CC)CC(C)(C)COC(=O)[C@@H]4CCCN(N4)C3=O)C(C)C)CC2)C1. The van der Waals surface area contributed by atoms with Gasteiger partial charge in [0, 0.05) is 114 Å². The molecule has 5 amide bonds. The van der Waals surface area contributed by atoms with Crippen LogP contribution in [-0.2, 0) is 46.4 Å². The number of piperazine rings is 1. The van der Waals surface area contributed by atoms with Gasteiger partial charge in [-0.05, 0) is 119 Å². The lowest BCUT2D eigenvalue weighted by Crippen LogP contribution is -2.64. The van der Waals surface area contributed by atoms with Crippen molar-refractivity contribution in [2.45, 2.75) is 142 Å². The van der Waals surface area contributed by atoms with Gasteiger partial charge in [-0.15, -0.1) is 0 Å². The molecule has 10 rings (SSSR count). The number of rotatable bonds is 10. The van der Waals surface area contributed by atoms with Crippen molar-refractivity contribution in [3.63, 3.8) is 0 Å². The molecule has 1 spiro atoms. The highest BCUT2D eigenvalue weighted by Crippen LogP contribution is 2.43. The Bertz CT molecular complexity index is 2870. The highest BCUT2D eigenvalue weighted by Gasteiger charge is 2.44. The van der Waals surface area contributed by atoms with Crippen molar-refractivity contribution in [3.8, 4) is 11.3 Å². The number of likely N-dealkylation sites (N-methyl/N-ethyl adjacent to an activating group) is 1. The maximum absolute atomic E-state index is 15.0. The van der Waals surface area contributed by atoms with Crippen molar-refractivity contribution in [2.24, 2.45) is 11.3 Å². The molecule has 0 saturated carbocycles. The van der Waals surface area contributed by atoms with Crippen LogP contribution in [0.15, 0.2) is 49.2 Å². The number of hydrogen-bond donors (Lipinski definition) is 2. The van der Waals surface area contributed by atoms with Crippen molar-refractivity contribution in [2.75, 3.05) is 111 Å². The van der Waals surface area contributed by atoms with E-state index in [1.807, 2.05) is 20.0 Å². The number of piperidine rings is 2. The molecule has 440 valence electrons. The summed E-state index contributed by atoms with van der Waals surface area (Å²) in [6.45, 7) is 24.9. The number of aromatic nitrogens is 2.